The Kier molecular flexibility index (Phi) is 3.88. The van der Waals surface area contributed by atoms with Crippen LogP contribution in [0.2, 0.25) is 0 Å². The number of pyridine rings is 1. The number of nitrogens with one attached hydrogen (secondary N) is 1. The van der Waals surface area contributed by atoms with Crippen LogP contribution in [0.5, 0.6) is 0 Å². The van der Waals surface area contributed by atoms with E-state index in [1.807, 2.05) is 30.5 Å². The molecule has 0 fully saturated rings. The van der Waals surface area contributed by atoms with Gasteiger partial charge in [0.15, 0.2) is 0 Å². The molecule has 0 aliphatic heterocycles. The summed E-state index contributed by atoms with van der Waals surface area (Å²) in [4.78, 5) is 15.9. The average molecular weight is 246 g/mol. The molecular weight excluding hydrogens is 232 g/mol. The topological polar surface area (TPSA) is 42.0 Å². The number of nitrogens with zero attached hydrogens (tertiary/aromatic N) is 1. The van der Waals surface area contributed by atoms with Gasteiger partial charge in [0, 0.05) is 12.1 Å². The van der Waals surface area contributed by atoms with E-state index in [2.05, 4.69) is 15.7 Å². The predicted molar refractivity (Wildman–Crippen MR) is 70.2 cm³/mol. The number of amides is 1. The minimum atomic E-state index is 0.00861. The summed E-state index contributed by atoms with van der Waals surface area (Å²) in [6, 6.07) is 7.64. The zero-order valence-corrected chi connectivity index (χ0v) is 10.5. The Morgan fingerprint density at radius 3 is 3.00 bits per heavy atom. The summed E-state index contributed by atoms with van der Waals surface area (Å²) in [6.07, 6.45) is 1.27. The van der Waals surface area contributed by atoms with Crippen molar-refractivity contribution in [2.24, 2.45) is 0 Å². The summed E-state index contributed by atoms with van der Waals surface area (Å²) in [6.45, 7) is 1.90. The van der Waals surface area contributed by atoms with Gasteiger partial charge in [-0.25, -0.2) is 4.98 Å². The number of hydrogen-bond acceptors (Lipinski definition) is 3. The first-order valence-corrected chi connectivity index (χ1v) is 6.43. The number of anilines is 1. The maximum absolute atomic E-state index is 11.7. The van der Waals surface area contributed by atoms with Gasteiger partial charge in [0.25, 0.3) is 0 Å². The van der Waals surface area contributed by atoms with E-state index in [0.717, 1.165) is 12.1 Å². The van der Waals surface area contributed by atoms with E-state index < -0.39 is 0 Å². The summed E-state index contributed by atoms with van der Waals surface area (Å²) in [5.74, 6) is 0.634. The third kappa shape index (κ3) is 3.67. The van der Waals surface area contributed by atoms with E-state index in [4.69, 9.17) is 0 Å². The van der Waals surface area contributed by atoms with Gasteiger partial charge in [0.05, 0.1) is 0 Å². The number of rotatable bonds is 4. The van der Waals surface area contributed by atoms with Crippen molar-refractivity contribution in [1.82, 2.24) is 4.98 Å². The molecule has 3 nitrogen and oxygen atoms in total. The largest absolute Gasteiger partial charge is 0.311 e. The number of carbonyl (C=O) groups is 1. The van der Waals surface area contributed by atoms with Crippen molar-refractivity contribution in [1.29, 1.82) is 0 Å². The van der Waals surface area contributed by atoms with Crippen LogP contribution in [0, 0.1) is 6.92 Å². The molecule has 1 N–H and O–H groups in total. The predicted octanol–water partition coefficient (Wildman–Crippen LogP) is 3.02. The summed E-state index contributed by atoms with van der Waals surface area (Å²) < 4.78 is 0. The van der Waals surface area contributed by atoms with Crippen molar-refractivity contribution in [2.75, 3.05) is 5.32 Å². The second-order valence-corrected chi connectivity index (χ2v) is 4.62. The van der Waals surface area contributed by atoms with Crippen LogP contribution in [0.3, 0.4) is 0 Å². The lowest BCUT2D eigenvalue weighted by Crippen LogP contribution is -2.13. The third-order valence-corrected chi connectivity index (χ3v) is 3.11. The van der Waals surface area contributed by atoms with Crippen molar-refractivity contribution >= 4 is 23.1 Å². The average Bonchev–Trinajstić information content (AvgIpc) is 2.79. The molecule has 0 bridgehead atoms. The van der Waals surface area contributed by atoms with E-state index in [0.29, 0.717) is 12.2 Å². The molecular formula is C13H14N2OS. The van der Waals surface area contributed by atoms with Gasteiger partial charge in [0.1, 0.15) is 5.82 Å². The molecule has 0 aliphatic carbocycles. The summed E-state index contributed by atoms with van der Waals surface area (Å²) in [5.41, 5.74) is 2.11. The molecule has 0 aliphatic rings. The van der Waals surface area contributed by atoms with Crippen LogP contribution in [0.25, 0.3) is 0 Å². The normalized spacial score (nSPS) is 10.2. The molecule has 88 valence electrons. The highest BCUT2D eigenvalue weighted by Gasteiger charge is 2.04. The molecule has 2 heterocycles. The lowest BCUT2D eigenvalue weighted by molar-refractivity contribution is -0.116. The Bertz CT molecular complexity index is 494. The summed E-state index contributed by atoms with van der Waals surface area (Å²) >= 11 is 1.65. The lowest BCUT2D eigenvalue weighted by atomic mass is 10.2. The van der Waals surface area contributed by atoms with Gasteiger partial charge in [-0.05, 0) is 47.9 Å². The number of hydrogen-bond donors (Lipinski definition) is 1. The second kappa shape index (κ2) is 5.59. The van der Waals surface area contributed by atoms with Crippen molar-refractivity contribution in [3.05, 3.63) is 46.3 Å². The Labute approximate surface area is 105 Å². The molecule has 0 atom stereocenters. The van der Waals surface area contributed by atoms with Crippen LogP contribution in [0.1, 0.15) is 17.7 Å². The fraction of sp³-hybridized carbons (Fsp3) is 0.231. The van der Waals surface area contributed by atoms with Gasteiger partial charge in [0.2, 0.25) is 5.91 Å². The van der Waals surface area contributed by atoms with E-state index in [9.17, 15) is 4.79 Å². The molecule has 0 unspecified atom stereocenters. The van der Waals surface area contributed by atoms with Gasteiger partial charge < -0.3 is 5.32 Å². The van der Waals surface area contributed by atoms with Crippen LogP contribution in [0.15, 0.2) is 35.0 Å². The standard InChI is InChI=1S/C13H14N2OS/c1-10-3-2-4-12(14-10)15-13(16)6-5-11-7-8-17-9-11/h2-4,7-9H,5-6H2,1H3,(H,14,15,16). The zero-order chi connectivity index (χ0) is 12.1. The smallest absolute Gasteiger partial charge is 0.225 e. The first-order chi connectivity index (χ1) is 8.24. The third-order valence-electron chi connectivity index (χ3n) is 2.38. The van der Waals surface area contributed by atoms with Crippen LogP contribution < -0.4 is 5.32 Å². The SMILES string of the molecule is Cc1cccc(NC(=O)CCc2ccsc2)n1. The Balaban J connectivity index is 1.85. The monoisotopic (exact) mass is 246 g/mol. The first kappa shape index (κ1) is 11.8. The molecule has 1 amide bonds. The number of carbonyl (C=O) groups excluding carboxylic acids is 1. The zero-order valence-electron chi connectivity index (χ0n) is 9.64. The van der Waals surface area contributed by atoms with Crippen molar-refractivity contribution in [2.45, 2.75) is 19.8 Å². The van der Waals surface area contributed by atoms with Gasteiger partial charge in [-0.3, -0.25) is 4.79 Å². The molecule has 4 heteroatoms. The van der Waals surface area contributed by atoms with Crippen molar-refractivity contribution in [3.63, 3.8) is 0 Å². The molecule has 17 heavy (non-hydrogen) atoms. The number of aryl methyl sites for hydroxylation is 2. The maximum atomic E-state index is 11.7. The molecule has 0 aromatic carbocycles. The van der Waals surface area contributed by atoms with Crippen molar-refractivity contribution < 1.29 is 4.79 Å². The van der Waals surface area contributed by atoms with Crippen LogP contribution in [-0.2, 0) is 11.2 Å². The number of aromatic nitrogens is 1. The molecule has 0 radical (unpaired) electrons. The van der Waals surface area contributed by atoms with E-state index in [1.54, 1.807) is 17.4 Å². The minimum absolute atomic E-state index is 0.00861. The lowest BCUT2D eigenvalue weighted by Gasteiger charge is -2.04. The van der Waals surface area contributed by atoms with E-state index >= 15 is 0 Å². The molecule has 2 aromatic heterocycles. The fourth-order valence-corrected chi connectivity index (χ4v) is 2.21. The first-order valence-electron chi connectivity index (χ1n) is 5.48. The van der Waals surface area contributed by atoms with Gasteiger partial charge in [-0.1, -0.05) is 6.07 Å². The fourth-order valence-electron chi connectivity index (χ4n) is 1.51. The summed E-state index contributed by atoms with van der Waals surface area (Å²) in [5, 5.41) is 6.89. The highest BCUT2D eigenvalue weighted by Crippen LogP contribution is 2.09. The van der Waals surface area contributed by atoms with E-state index in [-0.39, 0.29) is 5.91 Å². The Morgan fingerprint density at radius 1 is 1.41 bits per heavy atom. The molecule has 0 saturated carbocycles. The highest BCUT2D eigenvalue weighted by molar-refractivity contribution is 7.07. The Morgan fingerprint density at radius 2 is 2.29 bits per heavy atom. The van der Waals surface area contributed by atoms with Crippen LogP contribution in [0.4, 0.5) is 5.82 Å². The molecule has 2 aromatic rings. The second-order valence-electron chi connectivity index (χ2n) is 3.84. The van der Waals surface area contributed by atoms with E-state index in [1.165, 1.54) is 5.56 Å². The van der Waals surface area contributed by atoms with Gasteiger partial charge in [-0.15, -0.1) is 0 Å². The van der Waals surface area contributed by atoms with Gasteiger partial charge >= 0.3 is 0 Å². The molecule has 2 rings (SSSR count). The van der Waals surface area contributed by atoms with Crippen LogP contribution >= 0.6 is 11.3 Å². The quantitative estimate of drug-likeness (QED) is 0.901. The summed E-state index contributed by atoms with van der Waals surface area (Å²) in [7, 11) is 0. The maximum Gasteiger partial charge on any atom is 0.225 e. The minimum Gasteiger partial charge on any atom is -0.311 e. The van der Waals surface area contributed by atoms with Gasteiger partial charge in [-0.2, -0.15) is 11.3 Å². The Hall–Kier alpha value is -1.68. The number of thiophene rings is 1. The van der Waals surface area contributed by atoms with Crippen molar-refractivity contribution in [3.8, 4) is 0 Å². The molecule has 0 saturated heterocycles. The molecule has 0 spiro atoms. The van der Waals surface area contributed by atoms with Crippen LogP contribution in [-0.4, -0.2) is 10.9 Å². The highest BCUT2D eigenvalue weighted by atomic mass is 32.1.